The van der Waals surface area contributed by atoms with Gasteiger partial charge < -0.3 is 4.57 Å². The van der Waals surface area contributed by atoms with Crippen LogP contribution in [-0.2, 0) is 12.7 Å². The van der Waals surface area contributed by atoms with Gasteiger partial charge in [0, 0.05) is 6.07 Å². The summed E-state index contributed by atoms with van der Waals surface area (Å²) in [6.07, 6.45) is -4.57. The van der Waals surface area contributed by atoms with Crippen molar-refractivity contribution >= 4 is 0 Å². The van der Waals surface area contributed by atoms with Crippen LogP contribution in [0.15, 0.2) is 71.5 Å². The summed E-state index contributed by atoms with van der Waals surface area (Å²) in [4.78, 5) is 12.5. The fourth-order valence-corrected chi connectivity index (χ4v) is 2.94. The first kappa shape index (κ1) is 17.0. The summed E-state index contributed by atoms with van der Waals surface area (Å²) in [7, 11) is 0. The Morgan fingerprint density at radius 1 is 0.920 bits per heavy atom. The molecule has 0 aliphatic heterocycles. The van der Waals surface area contributed by atoms with Crippen molar-refractivity contribution in [2.75, 3.05) is 0 Å². The van der Waals surface area contributed by atoms with Crippen LogP contribution < -0.4 is 5.56 Å². The summed E-state index contributed by atoms with van der Waals surface area (Å²) in [6.45, 7) is 1.62. The molecule has 0 aliphatic carbocycles. The summed E-state index contributed by atoms with van der Waals surface area (Å²) in [5.41, 5.74) is 0.222. The SMILES string of the molecule is Cc1c(C(F)(F)F)cc(=O)n(Cc2ccccc2)c1-c1ccccc1. The highest BCUT2D eigenvalue weighted by atomic mass is 19.4. The van der Waals surface area contributed by atoms with Gasteiger partial charge in [-0.3, -0.25) is 4.79 Å². The first-order valence-electron chi connectivity index (χ1n) is 7.79. The van der Waals surface area contributed by atoms with E-state index >= 15 is 0 Å². The maximum Gasteiger partial charge on any atom is 0.416 e. The molecule has 0 spiro atoms. The Bertz CT molecular complexity index is 929. The molecule has 128 valence electrons. The van der Waals surface area contributed by atoms with Gasteiger partial charge in [-0.25, -0.2) is 0 Å². The zero-order chi connectivity index (χ0) is 18.0. The van der Waals surface area contributed by atoms with E-state index in [9.17, 15) is 18.0 Å². The zero-order valence-corrected chi connectivity index (χ0v) is 13.5. The van der Waals surface area contributed by atoms with Crippen molar-refractivity contribution in [1.82, 2.24) is 4.57 Å². The Morgan fingerprint density at radius 3 is 2.04 bits per heavy atom. The molecule has 0 N–H and O–H groups in total. The zero-order valence-electron chi connectivity index (χ0n) is 13.5. The lowest BCUT2D eigenvalue weighted by Gasteiger charge is -2.20. The third-order valence-corrected chi connectivity index (χ3v) is 4.10. The van der Waals surface area contributed by atoms with Crippen LogP contribution in [0.25, 0.3) is 11.3 Å². The minimum Gasteiger partial charge on any atom is -0.304 e. The van der Waals surface area contributed by atoms with E-state index in [1.54, 1.807) is 30.3 Å². The van der Waals surface area contributed by atoms with E-state index in [1.165, 1.54) is 11.5 Å². The molecule has 0 atom stereocenters. The molecule has 1 aromatic heterocycles. The number of benzene rings is 2. The van der Waals surface area contributed by atoms with E-state index in [-0.39, 0.29) is 12.1 Å². The quantitative estimate of drug-likeness (QED) is 0.664. The van der Waals surface area contributed by atoms with E-state index in [0.717, 1.165) is 5.56 Å². The predicted molar refractivity (Wildman–Crippen MR) is 91.4 cm³/mol. The second-order valence-electron chi connectivity index (χ2n) is 5.81. The number of hydrogen-bond donors (Lipinski definition) is 0. The molecule has 0 amide bonds. The Hall–Kier alpha value is -2.82. The largest absolute Gasteiger partial charge is 0.416 e. The molecule has 5 heteroatoms. The standard InChI is InChI=1S/C20H16F3NO/c1-14-17(20(21,22)23)12-18(25)24(13-15-8-4-2-5-9-15)19(14)16-10-6-3-7-11-16/h2-12H,13H2,1H3. The smallest absolute Gasteiger partial charge is 0.304 e. The summed E-state index contributed by atoms with van der Waals surface area (Å²) in [6, 6.07) is 18.6. The van der Waals surface area contributed by atoms with Gasteiger partial charge in [0.1, 0.15) is 0 Å². The Morgan fingerprint density at radius 2 is 1.48 bits per heavy atom. The van der Waals surface area contributed by atoms with E-state index in [0.29, 0.717) is 17.3 Å². The Kier molecular flexibility index (Phi) is 4.49. The van der Waals surface area contributed by atoms with Crippen molar-refractivity contribution in [3.63, 3.8) is 0 Å². The van der Waals surface area contributed by atoms with Crippen molar-refractivity contribution in [2.24, 2.45) is 0 Å². The second kappa shape index (κ2) is 6.59. The molecule has 25 heavy (non-hydrogen) atoms. The number of nitrogens with zero attached hydrogens (tertiary/aromatic N) is 1. The number of pyridine rings is 1. The molecule has 0 unspecified atom stereocenters. The van der Waals surface area contributed by atoms with E-state index in [1.807, 2.05) is 30.3 Å². The van der Waals surface area contributed by atoms with Crippen molar-refractivity contribution < 1.29 is 13.2 Å². The van der Waals surface area contributed by atoms with Gasteiger partial charge in [0.25, 0.3) is 5.56 Å². The van der Waals surface area contributed by atoms with Gasteiger partial charge in [-0.1, -0.05) is 60.7 Å². The van der Waals surface area contributed by atoms with Crippen molar-refractivity contribution in [1.29, 1.82) is 0 Å². The number of alkyl halides is 3. The number of hydrogen-bond acceptors (Lipinski definition) is 1. The molecule has 3 rings (SSSR count). The molecular formula is C20H16F3NO. The lowest BCUT2D eigenvalue weighted by Crippen LogP contribution is -2.26. The molecule has 0 radical (unpaired) electrons. The minimum atomic E-state index is -4.57. The fourth-order valence-electron chi connectivity index (χ4n) is 2.94. The van der Waals surface area contributed by atoms with Crippen LogP contribution in [0.3, 0.4) is 0 Å². The summed E-state index contributed by atoms with van der Waals surface area (Å²) in [5.74, 6) is 0. The van der Waals surface area contributed by atoms with Gasteiger partial charge in [-0.15, -0.1) is 0 Å². The average Bonchev–Trinajstić information content (AvgIpc) is 2.59. The molecule has 3 aromatic rings. The normalized spacial score (nSPS) is 11.5. The van der Waals surface area contributed by atoms with Gasteiger partial charge in [0.05, 0.1) is 17.8 Å². The van der Waals surface area contributed by atoms with Crippen LogP contribution in [0.4, 0.5) is 13.2 Å². The van der Waals surface area contributed by atoms with Gasteiger partial charge in [-0.2, -0.15) is 13.2 Å². The molecule has 0 aliphatic rings. The van der Waals surface area contributed by atoms with Crippen LogP contribution in [0.1, 0.15) is 16.7 Å². The fraction of sp³-hybridized carbons (Fsp3) is 0.150. The number of aromatic nitrogens is 1. The topological polar surface area (TPSA) is 22.0 Å². The summed E-state index contributed by atoms with van der Waals surface area (Å²) in [5, 5.41) is 0. The predicted octanol–water partition coefficient (Wildman–Crippen LogP) is 4.89. The second-order valence-corrected chi connectivity index (χ2v) is 5.81. The third-order valence-electron chi connectivity index (χ3n) is 4.10. The van der Waals surface area contributed by atoms with E-state index < -0.39 is 17.3 Å². The minimum absolute atomic E-state index is 0.0502. The molecule has 1 heterocycles. The molecular weight excluding hydrogens is 327 g/mol. The highest BCUT2D eigenvalue weighted by Gasteiger charge is 2.35. The molecule has 0 bridgehead atoms. The van der Waals surface area contributed by atoms with Crippen LogP contribution in [-0.4, -0.2) is 4.57 Å². The van der Waals surface area contributed by atoms with Gasteiger partial charge >= 0.3 is 6.18 Å². The molecule has 2 aromatic carbocycles. The Labute approximate surface area is 143 Å². The number of rotatable bonds is 3. The monoisotopic (exact) mass is 343 g/mol. The molecule has 0 saturated carbocycles. The molecule has 0 saturated heterocycles. The van der Waals surface area contributed by atoms with Crippen molar-refractivity contribution in [3.05, 3.63) is 93.8 Å². The van der Waals surface area contributed by atoms with Crippen molar-refractivity contribution in [3.8, 4) is 11.3 Å². The highest BCUT2D eigenvalue weighted by Crippen LogP contribution is 2.35. The third kappa shape index (κ3) is 3.50. The Balaban J connectivity index is 2.27. The van der Waals surface area contributed by atoms with Gasteiger partial charge in [0.15, 0.2) is 0 Å². The van der Waals surface area contributed by atoms with Crippen molar-refractivity contribution in [2.45, 2.75) is 19.6 Å². The van der Waals surface area contributed by atoms with Gasteiger partial charge in [0.2, 0.25) is 0 Å². The highest BCUT2D eigenvalue weighted by molar-refractivity contribution is 5.65. The maximum absolute atomic E-state index is 13.3. The first-order valence-corrected chi connectivity index (χ1v) is 7.79. The first-order chi connectivity index (χ1) is 11.9. The lowest BCUT2D eigenvalue weighted by molar-refractivity contribution is -0.138. The summed E-state index contributed by atoms with van der Waals surface area (Å²) < 4.78 is 41.4. The van der Waals surface area contributed by atoms with Gasteiger partial charge in [-0.05, 0) is 23.6 Å². The van der Waals surface area contributed by atoms with Crippen LogP contribution in [0, 0.1) is 6.92 Å². The van der Waals surface area contributed by atoms with Crippen LogP contribution in [0.5, 0.6) is 0 Å². The average molecular weight is 343 g/mol. The van der Waals surface area contributed by atoms with E-state index in [2.05, 4.69) is 0 Å². The maximum atomic E-state index is 13.3. The number of halogens is 3. The summed E-state index contributed by atoms with van der Waals surface area (Å²) >= 11 is 0. The van der Waals surface area contributed by atoms with Crippen LogP contribution >= 0.6 is 0 Å². The molecule has 0 fully saturated rings. The lowest BCUT2D eigenvalue weighted by atomic mass is 10.0. The van der Waals surface area contributed by atoms with Crippen LogP contribution in [0.2, 0.25) is 0 Å². The van der Waals surface area contributed by atoms with E-state index in [4.69, 9.17) is 0 Å². The molecule has 2 nitrogen and oxygen atoms in total.